The summed E-state index contributed by atoms with van der Waals surface area (Å²) in [5, 5.41) is 0. The van der Waals surface area contributed by atoms with Crippen LogP contribution >= 0.6 is 0 Å². The highest BCUT2D eigenvalue weighted by Gasteiger charge is 2.22. The fourth-order valence-electron chi connectivity index (χ4n) is 1.58. The molecule has 1 aromatic carbocycles. The van der Waals surface area contributed by atoms with E-state index >= 15 is 0 Å². The Bertz CT molecular complexity index is 377. The second-order valence-electron chi connectivity index (χ2n) is 3.32. The molecule has 0 saturated heterocycles. The SMILES string of the molecule is COCCOC1N=C(N)c2ccccc21. The zero-order valence-electron chi connectivity index (χ0n) is 8.64. The summed E-state index contributed by atoms with van der Waals surface area (Å²) >= 11 is 0. The number of ether oxygens (including phenoxy) is 2. The van der Waals surface area contributed by atoms with Gasteiger partial charge in [0, 0.05) is 18.2 Å². The van der Waals surface area contributed by atoms with Crippen LogP contribution in [0.25, 0.3) is 0 Å². The lowest BCUT2D eigenvalue weighted by molar-refractivity contribution is 0.0224. The monoisotopic (exact) mass is 206 g/mol. The summed E-state index contributed by atoms with van der Waals surface area (Å²) in [6, 6.07) is 7.84. The van der Waals surface area contributed by atoms with Gasteiger partial charge in [-0.1, -0.05) is 24.3 Å². The lowest BCUT2D eigenvalue weighted by Gasteiger charge is -2.10. The first-order chi connectivity index (χ1) is 7.33. The molecule has 0 aromatic heterocycles. The molecule has 1 aromatic rings. The van der Waals surface area contributed by atoms with Crippen LogP contribution in [0, 0.1) is 0 Å². The quantitative estimate of drug-likeness (QED) is 0.749. The molecule has 1 aliphatic heterocycles. The number of nitrogens with two attached hydrogens (primary N) is 1. The van der Waals surface area contributed by atoms with Gasteiger partial charge in [-0.25, -0.2) is 4.99 Å². The van der Waals surface area contributed by atoms with E-state index in [0.717, 1.165) is 11.1 Å². The van der Waals surface area contributed by atoms with E-state index in [1.165, 1.54) is 0 Å². The van der Waals surface area contributed by atoms with Gasteiger partial charge in [0.25, 0.3) is 0 Å². The molecular weight excluding hydrogens is 192 g/mol. The van der Waals surface area contributed by atoms with Crippen LogP contribution in [0.5, 0.6) is 0 Å². The first kappa shape index (κ1) is 10.1. The van der Waals surface area contributed by atoms with E-state index < -0.39 is 0 Å². The van der Waals surface area contributed by atoms with Crippen LogP contribution in [0.2, 0.25) is 0 Å². The minimum absolute atomic E-state index is 0.267. The fourth-order valence-corrected chi connectivity index (χ4v) is 1.58. The van der Waals surface area contributed by atoms with Crippen LogP contribution in [-0.2, 0) is 9.47 Å². The Morgan fingerprint density at radius 2 is 2.13 bits per heavy atom. The molecule has 2 N–H and O–H groups in total. The van der Waals surface area contributed by atoms with Crippen molar-refractivity contribution in [3.05, 3.63) is 35.4 Å². The van der Waals surface area contributed by atoms with Gasteiger partial charge in [0.15, 0.2) is 6.23 Å². The number of amidine groups is 1. The number of benzene rings is 1. The Morgan fingerprint density at radius 1 is 1.33 bits per heavy atom. The third-order valence-electron chi connectivity index (χ3n) is 2.32. The number of rotatable bonds is 4. The van der Waals surface area contributed by atoms with Crippen molar-refractivity contribution in [1.82, 2.24) is 0 Å². The van der Waals surface area contributed by atoms with Crippen molar-refractivity contribution in [2.75, 3.05) is 20.3 Å². The molecule has 2 rings (SSSR count). The highest BCUT2D eigenvalue weighted by Crippen LogP contribution is 2.28. The van der Waals surface area contributed by atoms with E-state index in [0.29, 0.717) is 19.0 Å². The molecule has 1 aliphatic rings. The van der Waals surface area contributed by atoms with Gasteiger partial charge < -0.3 is 15.2 Å². The molecule has 0 aliphatic carbocycles. The Morgan fingerprint density at radius 3 is 2.93 bits per heavy atom. The maximum Gasteiger partial charge on any atom is 0.177 e. The average Bonchev–Trinajstić information content (AvgIpc) is 2.58. The Labute approximate surface area is 88.7 Å². The van der Waals surface area contributed by atoms with Gasteiger partial charge >= 0.3 is 0 Å². The van der Waals surface area contributed by atoms with E-state index in [2.05, 4.69) is 4.99 Å². The van der Waals surface area contributed by atoms with Gasteiger partial charge in [0.2, 0.25) is 0 Å². The largest absolute Gasteiger partial charge is 0.383 e. The maximum absolute atomic E-state index is 5.78. The van der Waals surface area contributed by atoms with Crippen molar-refractivity contribution in [3.63, 3.8) is 0 Å². The standard InChI is InChI=1S/C11H14N2O2/c1-14-6-7-15-11-9-5-3-2-4-8(9)10(12)13-11/h2-5,11H,6-7H2,1H3,(H2,12,13). The van der Waals surface area contributed by atoms with Crippen LogP contribution in [0.3, 0.4) is 0 Å². The lowest BCUT2D eigenvalue weighted by atomic mass is 10.1. The molecule has 4 nitrogen and oxygen atoms in total. The molecule has 0 fully saturated rings. The minimum atomic E-state index is -0.267. The van der Waals surface area contributed by atoms with Gasteiger partial charge in [-0.2, -0.15) is 0 Å². The molecule has 0 bridgehead atoms. The number of aliphatic imine (C=N–C) groups is 1. The number of hydrogen-bond donors (Lipinski definition) is 1. The molecule has 1 unspecified atom stereocenters. The number of methoxy groups -OCH3 is 1. The van der Waals surface area contributed by atoms with E-state index in [4.69, 9.17) is 15.2 Å². The molecule has 15 heavy (non-hydrogen) atoms. The first-order valence-corrected chi connectivity index (χ1v) is 4.86. The fraction of sp³-hybridized carbons (Fsp3) is 0.364. The van der Waals surface area contributed by atoms with E-state index in [1.54, 1.807) is 7.11 Å². The Hall–Kier alpha value is -1.39. The second-order valence-corrected chi connectivity index (χ2v) is 3.32. The third-order valence-corrected chi connectivity index (χ3v) is 2.32. The van der Waals surface area contributed by atoms with Crippen LogP contribution in [0.4, 0.5) is 0 Å². The molecule has 1 heterocycles. The average molecular weight is 206 g/mol. The summed E-state index contributed by atoms with van der Waals surface area (Å²) in [7, 11) is 1.64. The van der Waals surface area contributed by atoms with Crippen molar-refractivity contribution >= 4 is 5.84 Å². The molecule has 0 spiro atoms. The second kappa shape index (κ2) is 4.42. The van der Waals surface area contributed by atoms with Gasteiger partial charge in [0.1, 0.15) is 5.84 Å². The summed E-state index contributed by atoms with van der Waals surface area (Å²) in [5.41, 5.74) is 7.79. The van der Waals surface area contributed by atoms with Crippen LogP contribution in [0.15, 0.2) is 29.3 Å². The van der Waals surface area contributed by atoms with Gasteiger partial charge in [-0.3, -0.25) is 0 Å². The molecule has 0 amide bonds. The molecule has 1 atom stereocenters. The Balaban J connectivity index is 2.10. The summed E-state index contributed by atoms with van der Waals surface area (Å²) in [4.78, 5) is 4.24. The summed E-state index contributed by atoms with van der Waals surface area (Å²) in [5.74, 6) is 0.549. The number of fused-ring (bicyclic) bond motifs is 1. The molecule has 0 radical (unpaired) electrons. The summed E-state index contributed by atoms with van der Waals surface area (Å²) in [6.07, 6.45) is -0.267. The third kappa shape index (κ3) is 2.00. The van der Waals surface area contributed by atoms with Crippen LogP contribution in [-0.4, -0.2) is 26.2 Å². The van der Waals surface area contributed by atoms with Crippen LogP contribution < -0.4 is 5.73 Å². The highest BCUT2D eigenvalue weighted by molar-refractivity contribution is 6.01. The van der Waals surface area contributed by atoms with Crippen molar-refractivity contribution < 1.29 is 9.47 Å². The Kier molecular flexibility index (Phi) is 2.99. The molecule has 4 heteroatoms. The zero-order chi connectivity index (χ0) is 10.7. The van der Waals surface area contributed by atoms with Gasteiger partial charge in [0.05, 0.1) is 13.2 Å². The van der Waals surface area contributed by atoms with E-state index in [9.17, 15) is 0 Å². The maximum atomic E-state index is 5.78. The van der Waals surface area contributed by atoms with E-state index in [-0.39, 0.29) is 6.23 Å². The minimum Gasteiger partial charge on any atom is -0.383 e. The zero-order valence-corrected chi connectivity index (χ0v) is 8.64. The predicted octanol–water partition coefficient (Wildman–Crippen LogP) is 1.07. The predicted molar refractivity (Wildman–Crippen MR) is 57.7 cm³/mol. The highest BCUT2D eigenvalue weighted by atomic mass is 16.5. The molecular formula is C11H14N2O2. The summed E-state index contributed by atoms with van der Waals surface area (Å²) < 4.78 is 10.5. The van der Waals surface area contributed by atoms with Gasteiger partial charge in [-0.05, 0) is 0 Å². The van der Waals surface area contributed by atoms with Crippen molar-refractivity contribution in [1.29, 1.82) is 0 Å². The topological polar surface area (TPSA) is 56.8 Å². The van der Waals surface area contributed by atoms with Crippen molar-refractivity contribution in [2.24, 2.45) is 10.7 Å². The molecule has 0 saturated carbocycles. The lowest BCUT2D eigenvalue weighted by Crippen LogP contribution is -2.09. The first-order valence-electron chi connectivity index (χ1n) is 4.86. The number of nitrogens with zero attached hydrogens (tertiary/aromatic N) is 1. The van der Waals surface area contributed by atoms with Gasteiger partial charge in [-0.15, -0.1) is 0 Å². The molecule has 80 valence electrons. The smallest absolute Gasteiger partial charge is 0.177 e. The van der Waals surface area contributed by atoms with Crippen molar-refractivity contribution in [3.8, 4) is 0 Å². The normalized spacial score (nSPS) is 18.7. The van der Waals surface area contributed by atoms with Crippen molar-refractivity contribution in [2.45, 2.75) is 6.23 Å². The number of hydrogen-bond acceptors (Lipinski definition) is 4. The van der Waals surface area contributed by atoms with Crippen LogP contribution in [0.1, 0.15) is 17.4 Å². The van der Waals surface area contributed by atoms with E-state index in [1.807, 2.05) is 24.3 Å². The summed E-state index contributed by atoms with van der Waals surface area (Å²) in [6.45, 7) is 1.08.